The summed E-state index contributed by atoms with van der Waals surface area (Å²) in [7, 11) is 1.95. The Hall–Kier alpha value is -0.800. The zero-order chi connectivity index (χ0) is 12.0. The molecule has 1 atom stereocenters. The first-order valence-corrected chi connectivity index (χ1v) is 6.19. The predicted molar refractivity (Wildman–Crippen MR) is 71.9 cm³/mol. The normalized spacial score (nSPS) is 13.0. The molecule has 16 heavy (non-hydrogen) atoms. The van der Waals surface area contributed by atoms with Gasteiger partial charge in [0.15, 0.2) is 0 Å². The van der Waals surface area contributed by atoms with Crippen molar-refractivity contribution in [3.05, 3.63) is 40.4 Å². The molecule has 0 fully saturated rings. The second-order valence-electron chi connectivity index (χ2n) is 3.57. The Balaban J connectivity index is 2.88. The molecule has 0 radical (unpaired) electrons. The molecule has 88 valence electrons. The molecule has 0 saturated heterocycles. The van der Waals surface area contributed by atoms with Gasteiger partial charge in [-0.3, -0.25) is 0 Å². The van der Waals surface area contributed by atoms with Crippen LogP contribution in [0.25, 0.3) is 0 Å². The molecular weight excluding hydrogens is 266 g/mol. The average molecular weight is 284 g/mol. The molecule has 0 bridgehead atoms. The van der Waals surface area contributed by atoms with Gasteiger partial charge in [0.25, 0.3) is 0 Å². The number of hydrogen-bond donors (Lipinski definition) is 1. The fourth-order valence-corrected chi connectivity index (χ4v) is 1.76. The third-order valence-electron chi connectivity index (χ3n) is 2.44. The molecule has 1 unspecified atom stereocenters. The summed E-state index contributed by atoms with van der Waals surface area (Å²) in [5.41, 5.74) is 1.17. The summed E-state index contributed by atoms with van der Waals surface area (Å²) in [4.78, 5) is 0. The van der Waals surface area contributed by atoms with Gasteiger partial charge in [-0.25, -0.2) is 0 Å². The molecule has 0 aliphatic heterocycles. The molecule has 0 spiro atoms. The summed E-state index contributed by atoms with van der Waals surface area (Å²) in [5.74, 6) is 0.933. The first-order chi connectivity index (χ1) is 7.69. The van der Waals surface area contributed by atoms with Crippen LogP contribution in [0, 0.1) is 0 Å². The fourth-order valence-electron chi connectivity index (χ4n) is 1.38. The second-order valence-corrected chi connectivity index (χ2v) is 4.49. The van der Waals surface area contributed by atoms with Crippen molar-refractivity contribution in [1.29, 1.82) is 0 Å². The van der Waals surface area contributed by atoms with Crippen LogP contribution in [0.5, 0.6) is 5.75 Å². The Kier molecular flexibility index (Phi) is 5.56. The van der Waals surface area contributed by atoms with E-state index in [1.54, 1.807) is 0 Å². The van der Waals surface area contributed by atoms with Gasteiger partial charge in [-0.15, -0.1) is 0 Å². The highest BCUT2D eigenvalue weighted by molar-refractivity contribution is 9.10. The van der Waals surface area contributed by atoms with Gasteiger partial charge >= 0.3 is 0 Å². The Morgan fingerprint density at radius 1 is 1.50 bits per heavy atom. The maximum atomic E-state index is 5.71. The molecule has 1 aromatic rings. The lowest BCUT2D eigenvalue weighted by Crippen LogP contribution is -2.13. The average Bonchev–Trinajstić information content (AvgIpc) is 2.30. The van der Waals surface area contributed by atoms with E-state index >= 15 is 0 Å². The van der Waals surface area contributed by atoms with Gasteiger partial charge in [0.05, 0.1) is 0 Å². The minimum absolute atomic E-state index is 0.276. The van der Waals surface area contributed by atoms with E-state index in [1.807, 2.05) is 38.3 Å². The van der Waals surface area contributed by atoms with Crippen LogP contribution < -0.4 is 10.1 Å². The van der Waals surface area contributed by atoms with Crippen LogP contribution in [0.3, 0.4) is 0 Å². The van der Waals surface area contributed by atoms with Crippen molar-refractivity contribution in [3.63, 3.8) is 0 Å². The first kappa shape index (κ1) is 13.3. The third-order valence-corrected chi connectivity index (χ3v) is 2.94. The van der Waals surface area contributed by atoms with Gasteiger partial charge in [0, 0.05) is 16.1 Å². The fraction of sp³-hybridized carbons (Fsp3) is 0.385. The number of hydrogen-bond acceptors (Lipinski definition) is 2. The standard InChI is InChI=1S/C13H18BrNO/c1-4-5-8-16-13-7-6-11(14)9-12(13)10(2)15-3/h4-7,9-10,15H,8H2,1-3H3. The molecule has 0 aromatic heterocycles. The van der Waals surface area contributed by atoms with Crippen molar-refractivity contribution < 1.29 is 4.74 Å². The van der Waals surface area contributed by atoms with Crippen LogP contribution in [-0.4, -0.2) is 13.7 Å². The Morgan fingerprint density at radius 3 is 2.88 bits per heavy atom. The maximum absolute atomic E-state index is 5.71. The van der Waals surface area contributed by atoms with Gasteiger partial charge in [-0.2, -0.15) is 0 Å². The van der Waals surface area contributed by atoms with E-state index < -0.39 is 0 Å². The van der Waals surface area contributed by atoms with Crippen LogP contribution >= 0.6 is 15.9 Å². The quantitative estimate of drug-likeness (QED) is 0.833. The smallest absolute Gasteiger partial charge is 0.124 e. The SMILES string of the molecule is CC=CCOc1ccc(Br)cc1C(C)NC. The topological polar surface area (TPSA) is 21.3 Å². The van der Waals surface area contributed by atoms with Crippen molar-refractivity contribution in [2.75, 3.05) is 13.7 Å². The van der Waals surface area contributed by atoms with E-state index in [1.165, 1.54) is 5.56 Å². The molecule has 0 heterocycles. The Labute approximate surface area is 106 Å². The first-order valence-electron chi connectivity index (χ1n) is 5.39. The number of rotatable bonds is 5. The van der Waals surface area contributed by atoms with Crippen molar-refractivity contribution in [2.24, 2.45) is 0 Å². The van der Waals surface area contributed by atoms with Crippen LogP contribution in [0.2, 0.25) is 0 Å². The van der Waals surface area contributed by atoms with Crippen molar-refractivity contribution in [2.45, 2.75) is 19.9 Å². The van der Waals surface area contributed by atoms with E-state index in [9.17, 15) is 0 Å². The van der Waals surface area contributed by atoms with E-state index in [0.29, 0.717) is 6.61 Å². The van der Waals surface area contributed by atoms with Gasteiger partial charge in [0.1, 0.15) is 12.4 Å². The van der Waals surface area contributed by atoms with Gasteiger partial charge in [-0.05, 0) is 39.1 Å². The molecule has 0 amide bonds. The van der Waals surface area contributed by atoms with Crippen LogP contribution in [0.1, 0.15) is 25.5 Å². The predicted octanol–water partition coefficient (Wildman–Crippen LogP) is 3.68. The summed E-state index contributed by atoms with van der Waals surface area (Å²) in [6.45, 7) is 4.72. The molecular formula is C13H18BrNO. The van der Waals surface area contributed by atoms with Gasteiger partial charge in [0.2, 0.25) is 0 Å². The van der Waals surface area contributed by atoms with Crippen molar-refractivity contribution in [3.8, 4) is 5.75 Å². The third kappa shape index (κ3) is 3.65. The van der Waals surface area contributed by atoms with Crippen molar-refractivity contribution in [1.82, 2.24) is 5.32 Å². The Morgan fingerprint density at radius 2 is 2.25 bits per heavy atom. The minimum Gasteiger partial charge on any atom is -0.489 e. The van der Waals surface area contributed by atoms with Crippen LogP contribution in [0.4, 0.5) is 0 Å². The number of halogens is 1. The highest BCUT2D eigenvalue weighted by Gasteiger charge is 2.10. The lowest BCUT2D eigenvalue weighted by Gasteiger charge is -2.16. The summed E-state index contributed by atoms with van der Waals surface area (Å²) in [6, 6.07) is 6.36. The molecule has 0 aliphatic carbocycles. The molecule has 1 rings (SSSR count). The van der Waals surface area contributed by atoms with Crippen molar-refractivity contribution >= 4 is 15.9 Å². The summed E-state index contributed by atoms with van der Waals surface area (Å²) in [6.07, 6.45) is 3.98. The van der Waals surface area contributed by atoms with E-state index in [-0.39, 0.29) is 6.04 Å². The lowest BCUT2D eigenvalue weighted by molar-refractivity contribution is 0.354. The maximum Gasteiger partial charge on any atom is 0.124 e. The zero-order valence-corrected chi connectivity index (χ0v) is 11.5. The highest BCUT2D eigenvalue weighted by Crippen LogP contribution is 2.28. The largest absolute Gasteiger partial charge is 0.489 e. The van der Waals surface area contributed by atoms with Gasteiger partial charge in [-0.1, -0.05) is 28.1 Å². The zero-order valence-electron chi connectivity index (χ0n) is 9.96. The molecule has 1 aromatic carbocycles. The van der Waals surface area contributed by atoms with E-state index in [4.69, 9.17) is 4.74 Å². The second kappa shape index (κ2) is 6.71. The summed E-state index contributed by atoms with van der Waals surface area (Å²) in [5, 5.41) is 3.22. The monoisotopic (exact) mass is 283 g/mol. The highest BCUT2D eigenvalue weighted by atomic mass is 79.9. The molecule has 0 saturated carbocycles. The minimum atomic E-state index is 0.276. The molecule has 1 N–H and O–H groups in total. The summed E-state index contributed by atoms with van der Waals surface area (Å²) < 4.78 is 6.78. The molecule has 2 nitrogen and oxygen atoms in total. The van der Waals surface area contributed by atoms with Crippen LogP contribution in [0.15, 0.2) is 34.8 Å². The number of ether oxygens (including phenoxy) is 1. The molecule has 3 heteroatoms. The van der Waals surface area contributed by atoms with Crippen LogP contribution in [-0.2, 0) is 0 Å². The van der Waals surface area contributed by atoms with E-state index in [0.717, 1.165) is 10.2 Å². The van der Waals surface area contributed by atoms with Gasteiger partial charge < -0.3 is 10.1 Å². The number of benzene rings is 1. The Bertz CT molecular complexity index is 363. The lowest BCUT2D eigenvalue weighted by atomic mass is 10.1. The number of allylic oxidation sites excluding steroid dienone is 1. The van der Waals surface area contributed by atoms with E-state index in [2.05, 4.69) is 34.2 Å². The number of nitrogens with one attached hydrogen (secondary N) is 1. The summed E-state index contributed by atoms with van der Waals surface area (Å²) >= 11 is 3.48. The molecule has 0 aliphatic rings.